The number of nitrogens with zero attached hydrogens (tertiary/aromatic N) is 2. The molecule has 69 heavy (non-hydrogen) atoms. The minimum Gasteiger partial charge on any atom is -0.310 e. The maximum absolute atomic E-state index is 2.55. The zero-order chi connectivity index (χ0) is 45.8. The van der Waals surface area contributed by atoms with Crippen molar-refractivity contribution in [2.75, 3.05) is 9.80 Å². The molecule has 1 atom stereocenters. The summed E-state index contributed by atoms with van der Waals surface area (Å²) in [6.07, 6.45) is 0. The molecule has 1 aromatic heterocycles. The van der Waals surface area contributed by atoms with Crippen LogP contribution in [0.3, 0.4) is 0 Å². The minimum absolute atomic E-state index is 0.160. The lowest BCUT2D eigenvalue weighted by atomic mass is 9.73. The molecule has 0 amide bonds. The van der Waals surface area contributed by atoms with Crippen molar-refractivity contribution in [3.8, 4) is 44.5 Å². The minimum atomic E-state index is -0.586. The van der Waals surface area contributed by atoms with Crippen molar-refractivity contribution in [3.63, 3.8) is 0 Å². The van der Waals surface area contributed by atoms with Crippen molar-refractivity contribution < 1.29 is 0 Å². The Kier molecular flexibility index (Phi) is 8.75. The molecule has 1 unspecified atom stereocenters. The summed E-state index contributed by atoms with van der Waals surface area (Å²) in [5.74, 6) is 0. The van der Waals surface area contributed by atoms with Crippen molar-refractivity contribution in [3.05, 3.63) is 275 Å². The Morgan fingerprint density at radius 2 is 0.797 bits per heavy atom. The first kappa shape index (κ1) is 39.9. The molecular formula is C66H46N2S. The fourth-order valence-corrected chi connectivity index (χ4v) is 13.7. The standard InChI is InChI=1S/C66H46N2S/c1-65(2)56-30-16-12-27-50(56)52-37-35-47(40-58(52)65)68(61-32-18-14-26-49(61)43-20-6-3-7-21-43)48-36-39-54-60(42-48)66(64-63(54)55-29-15-19-33-62(55)69-64)57-31-17-13-28-51(57)53-38-34-46(41-59(53)66)67(44-22-8-4-9-23-44)45-24-10-5-11-25-45/h3-42H,1-2H3. The van der Waals surface area contributed by atoms with Crippen LogP contribution in [-0.4, -0.2) is 0 Å². The Hall–Kier alpha value is -8.24. The Balaban J connectivity index is 1.05. The van der Waals surface area contributed by atoms with Gasteiger partial charge in [0.2, 0.25) is 0 Å². The summed E-state index contributed by atoms with van der Waals surface area (Å²) in [6, 6.07) is 90.4. The molecule has 0 saturated carbocycles. The van der Waals surface area contributed by atoms with E-state index in [1.807, 2.05) is 11.3 Å². The Morgan fingerprint density at radius 3 is 1.48 bits per heavy atom. The molecule has 0 fully saturated rings. The SMILES string of the molecule is CC1(C)c2ccccc2-c2ccc(N(c3ccc4c(c3)C3(c5ccccc5-c5ccc(N(c6ccccc6)c6ccccc6)cc53)c3sc5ccccc5c3-4)c3ccccc3-c3ccccc3)cc21. The highest BCUT2D eigenvalue weighted by Crippen LogP contribution is 2.67. The molecule has 0 bridgehead atoms. The van der Waals surface area contributed by atoms with Gasteiger partial charge in [-0.2, -0.15) is 0 Å². The number of fused-ring (bicyclic) bond motifs is 15. The molecule has 0 saturated heterocycles. The van der Waals surface area contributed by atoms with E-state index in [1.165, 1.54) is 87.3 Å². The van der Waals surface area contributed by atoms with E-state index in [4.69, 9.17) is 0 Å². The Bertz CT molecular complexity index is 3790. The number of hydrogen-bond acceptors (Lipinski definition) is 3. The van der Waals surface area contributed by atoms with Gasteiger partial charge in [0.15, 0.2) is 0 Å². The number of hydrogen-bond donors (Lipinski definition) is 0. The van der Waals surface area contributed by atoms with Crippen molar-refractivity contribution in [1.29, 1.82) is 0 Å². The van der Waals surface area contributed by atoms with Crippen LogP contribution in [0.4, 0.5) is 34.1 Å². The molecule has 0 radical (unpaired) electrons. The first-order chi connectivity index (χ1) is 34.0. The summed E-state index contributed by atoms with van der Waals surface area (Å²) >= 11 is 1.96. The van der Waals surface area contributed by atoms with E-state index in [0.29, 0.717) is 0 Å². The van der Waals surface area contributed by atoms with Gasteiger partial charge in [-0.25, -0.2) is 0 Å². The predicted octanol–water partition coefficient (Wildman–Crippen LogP) is 18.2. The highest BCUT2D eigenvalue weighted by molar-refractivity contribution is 7.20. The lowest BCUT2D eigenvalue weighted by Gasteiger charge is -2.33. The molecule has 1 spiro atoms. The summed E-state index contributed by atoms with van der Waals surface area (Å²) < 4.78 is 1.31. The van der Waals surface area contributed by atoms with Crippen LogP contribution in [0, 0.1) is 0 Å². The van der Waals surface area contributed by atoms with Gasteiger partial charge in [-0.05, 0) is 134 Å². The van der Waals surface area contributed by atoms with Crippen LogP contribution in [-0.2, 0) is 10.8 Å². The zero-order valence-electron chi connectivity index (χ0n) is 38.4. The van der Waals surface area contributed by atoms with Crippen LogP contribution in [0.25, 0.3) is 54.6 Å². The number of rotatable bonds is 7. The molecule has 2 nitrogen and oxygen atoms in total. The lowest BCUT2D eigenvalue weighted by molar-refractivity contribution is 0.660. The van der Waals surface area contributed by atoms with Crippen LogP contribution in [0.15, 0.2) is 243 Å². The average Bonchev–Trinajstić information content (AvgIpc) is 4.09. The third kappa shape index (κ3) is 5.72. The first-order valence-electron chi connectivity index (χ1n) is 24.0. The van der Waals surface area contributed by atoms with Gasteiger partial charge >= 0.3 is 0 Å². The fourth-order valence-electron chi connectivity index (χ4n) is 12.2. The monoisotopic (exact) mass is 898 g/mol. The van der Waals surface area contributed by atoms with Gasteiger partial charge in [-0.1, -0.05) is 184 Å². The van der Waals surface area contributed by atoms with E-state index in [1.54, 1.807) is 0 Å². The summed E-state index contributed by atoms with van der Waals surface area (Å²) in [7, 11) is 0. The normalized spacial score (nSPS) is 15.3. The number of anilines is 6. The van der Waals surface area contributed by atoms with Gasteiger partial charge in [0.05, 0.1) is 11.1 Å². The first-order valence-corrected chi connectivity index (χ1v) is 24.8. The Labute approximate surface area is 407 Å². The quantitative estimate of drug-likeness (QED) is 0.157. The summed E-state index contributed by atoms with van der Waals surface area (Å²) in [5, 5.41) is 1.31. The van der Waals surface area contributed by atoms with Crippen LogP contribution >= 0.6 is 11.3 Å². The largest absolute Gasteiger partial charge is 0.310 e. The molecule has 14 rings (SSSR count). The Morgan fingerprint density at radius 1 is 0.333 bits per heavy atom. The van der Waals surface area contributed by atoms with Gasteiger partial charge in [-0.15, -0.1) is 11.3 Å². The lowest BCUT2D eigenvalue weighted by Crippen LogP contribution is -2.26. The number of benzene rings is 10. The van der Waals surface area contributed by atoms with Gasteiger partial charge in [0.1, 0.15) is 0 Å². The van der Waals surface area contributed by atoms with Crippen LogP contribution in [0.1, 0.15) is 46.5 Å². The summed E-state index contributed by atoms with van der Waals surface area (Å²) in [4.78, 5) is 6.33. The average molecular weight is 899 g/mol. The maximum atomic E-state index is 2.55. The molecule has 11 aromatic rings. The highest BCUT2D eigenvalue weighted by atomic mass is 32.1. The molecule has 1 heterocycles. The number of thiophene rings is 1. The molecule has 326 valence electrons. The van der Waals surface area contributed by atoms with E-state index in [2.05, 4.69) is 266 Å². The zero-order valence-corrected chi connectivity index (χ0v) is 39.2. The van der Waals surface area contributed by atoms with E-state index >= 15 is 0 Å². The number of para-hydroxylation sites is 3. The summed E-state index contributed by atoms with van der Waals surface area (Å²) in [5.41, 5.74) is 23.0. The molecule has 0 aliphatic heterocycles. The summed E-state index contributed by atoms with van der Waals surface area (Å²) in [6.45, 7) is 4.76. The molecule has 3 aliphatic rings. The molecule has 10 aromatic carbocycles. The second-order valence-electron chi connectivity index (χ2n) is 19.2. The van der Waals surface area contributed by atoms with Crippen molar-refractivity contribution >= 4 is 55.5 Å². The third-order valence-electron chi connectivity index (χ3n) is 15.2. The highest BCUT2D eigenvalue weighted by Gasteiger charge is 2.54. The molecule has 0 N–H and O–H groups in total. The molecular weight excluding hydrogens is 853 g/mol. The van der Waals surface area contributed by atoms with E-state index in [-0.39, 0.29) is 5.41 Å². The second kappa shape index (κ2) is 15.1. The van der Waals surface area contributed by atoms with Gasteiger partial charge < -0.3 is 9.80 Å². The van der Waals surface area contributed by atoms with Crippen molar-refractivity contribution in [2.24, 2.45) is 0 Å². The van der Waals surface area contributed by atoms with Gasteiger partial charge in [0, 0.05) is 59.9 Å². The third-order valence-corrected chi connectivity index (χ3v) is 16.5. The molecule has 3 heteroatoms. The van der Waals surface area contributed by atoms with Gasteiger partial charge in [-0.3, -0.25) is 0 Å². The smallest absolute Gasteiger partial charge is 0.0820 e. The van der Waals surface area contributed by atoms with E-state index in [9.17, 15) is 0 Å². The fraction of sp³-hybridized carbons (Fsp3) is 0.0606. The predicted molar refractivity (Wildman–Crippen MR) is 290 cm³/mol. The van der Waals surface area contributed by atoms with Crippen LogP contribution < -0.4 is 9.80 Å². The van der Waals surface area contributed by atoms with Crippen LogP contribution in [0.5, 0.6) is 0 Å². The van der Waals surface area contributed by atoms with Crippen molar-refractivity contribution in [1.82, 2.24) is 0 Å². The van der Waals surface area contributed by atoms with Crippen molar-refractivity contribution in [2.45, 2.75) is 24.7 Å². The maximum Gasteiger partial charge on any atom is 0.0820 e. The van der Waals surface area contributed by atoms with E-state index < -0.39 is 5.41 Å². The van der Waals surface area contributed by atoms with Gasteiger partial charge in [0.25, 0.3) is 0 Å². The van der Waals surface area contributed by atoms with E-state index in [0.717, 1.165) is 34.1 Å². The topological polar surface area (TPSA) is 6.48 Å². The second-order valence-corrected chi connectivity index (χ2v) is 20.2. The molecule has 3 aliphatic carbocycles. The van der Waals surface area contributed by atoms with Crippen LogP contribution in [0.2, 0.25) is 0 Å².